The van der Waals surface area contributed by atoms with E-state index in [2.05, 4.69) is 13.2 Å². The van der Waals surface area contributed by atoms with E-state index in [-0.39, 0.29) is 36.2 Å². The van der Waals surface area contributed by atoms with Gasteiger partial charge in [0.25, 0.3) is 0 Å². The molecule has 1 N–H and O–H groups in total. The molecule has 0 aliphatic carbocycles. The Balaban J connectivity index is 1.60. The van der Waals surface area contributed by atoms with Crippen LogP contribution in [0.5, 0.6) is 0 Å². The molecule has 3 saturated heterocycles. The number of ether oxygens (including phenoxy) is 1. The molecule has 200 valence electrons. The van der Waals surface area contributed by atoms with Crippen molar-refractivity contribution >= 4 is 29.5 Å². The molecule has 1 spiro atoms. The van der Waals surface area contributed by atoms with E-state index >= 15 is 0 Å². The summed E-state index contributed by atoms with van der Waals surface area (Å²) in [4.78, 5) is 44.7. The quantitative estimate of drug-likeness (QED) is 0.227. The molecular formula is C29H38N2O5S. The fourth-order valence-electron chi connectivity index (χ4n) is 6.21. The van der Waals surface area contributed by atoms with E-state index in [0.29, 0.717) is 32.5 Å². The summed E-state index contributed by atoms with van der Waals surface area (Å²) in [7, 11) is 0. The van der Waals surface area contributed by atoms with Crippen molar-refractivity contribution in [3.8, 4) is 0 Å². The van der Waals surface area contributed by atoms with Crippen LogP contribution < -0.4 is 0 Å². The molecule has 1 aromatic carbocycles. The molecule has 3 heterocycles. The smallest absolute Gasteiger partial charge is 0.310 e. The molecule has 3 fully saturated rings. The highest BCUT2D eigenvalue weighted by Gasteiger charge is 2.74. The average molecular weight is 527 g/mol. The standard InChI is InChI=1S/C29H38N2O5S/c1-3-5-6-10-19-36-28(35)23-22-14-15-29(37-22)24(23)26(33)31(17-11-18-32)25(29)27(34)30(16-4-2)20-21-12-8-7-9-13-21/h3-4,7-9,12-13,22-25,32H,1-2,5-6,10-11,14-20H2/t22-,23+,24+,25?,29?/m1/s1. The molecule has 0 aromatic heterocycles. The highest BCUT2D eigenvalue weighted by molar-refractivity contribution is 8.02. The van der Waals surface area contributed by atoms with E-state index in [0.717, 1.165) is 31.2 Å². The van der Waals surface area contributed by atoms with Crippen LogP contribution in [0, 0.1) is 11.8 Å². The number of esters is 1. The molecule has 2 amide bonds. The topological polar surface area (TPSA) is 87.1 Å². The van der Waals surface area contributed by atoms with Gasteiger partial charge in [-0.2, -0.15) is 0 Å². The summed E-state index contributed by atoms with van der Waals surface area (Å²) >= 11 is 1.64. The Morgan fingerprint density at radius 3 is 2.68 bits per heavy atom. The number of rotatable bonds is 14. The van der Waals surface area contributed by atoms with Crippen molar-refractivity contribution in [3.63, 3.8) is 0 Å². The Morgan fingerprint density at radius 2 is 1.97 bits per heavy atom. The van der Waals surface area contributed by atoms with E-state index in [9.17, 15) is 19.5 Å². The number of carbonyl (C=O) groups is 3. The summed E-state index contributed by atoms with van der Waals surface area (Å²) < 4.78 is 4.99. The number of likely N-dealkylation sites (tertiary alicyclic amines) is 1. The van der Waals surface area contributed by atoms with Crippen LogP contribution in [0.2, 0.25) is 0 Å². The van der Waals surface area contributed by atoms with Gasteiger partial charge in [0, 0.05) is 31.5 Å². The summed E-state index contributed by atoms with van der Waals surface area (Å²) in [6.07, 6.45) is 7.95. The third kappa shape index (κ3) is 5.36. The number of hydrogen-bond donors (Lipinski definition) is 1. The van der Waals surface area contributed by atoms with Crippen LogP contribution in [0.3, 0.4) is 0 Å². The van der Waals surface area contributed by atoms with E-state index in [1.54, 1.807) is 27.6 Å². The van der Waals surface area contributed by atoms with Gasteiger partial charge in [-0.3, -0.25) is 14.4 Å². The first-order valence-electron chi connectivity index (χ1n) is 13.3. The fourth-order valence-corrected chi connectivity index (χ4v) is 8.41. The number of unbranched alkanes of at least 4 members (excludes halogenated alkanes) is 2. The molecule has 37 heavy (non-hydrogen) atoms. The lowest BCUT2D eigenvalue weighted by Crippen LogP contribution is -2.54. The average Bonchev–Trinajstić information content (AvgIpc) is 3.54. The molecule has 2 unspecified atom stereocenters. The summed E-state index contributed by atoms with van der Waals surface area (Å²) in [5.41, 5.74) is 0.999. The first-order chi connectivity index (χ1) is 18.0. The van der Waals surface area contributed by atoms with Crippen molar-refractivity contribution in [2.45, 2.75) is 61.1 Å². The predicted molar refractivity (Wildman–Crippen MR) is 145 cm³/mol. The molecule has 0 saturated carbocycles. The van der Waals surface area contributed by atoms with Crippen LogP contribution in [0.15, 0.2) is 55.6 Å². The number of carbonyl (C=O) groups excluding carboxylic acids is 3. The number of aliphatic hydroxyl groups excluding tert-OH is 1. The van der Waals surface area contributed by atoms with Gasteiger partial charge in [-0.1, -0.05) is 42.5 Å². The maximum absolute atomic E-state index is 14.2. The van der Waals surface area contributed by atoms with E-state index in [4.69, 9.17) is 4.74 Å². The van der Waals surface area contributed by atoms with Gasteiger partial charge in [0.15, 0.2) is 0 Å². The number of allylic oxidation sites excluding steroid dienone is 1. The summed E-state index contributed by atoms with van der Waals surface area (Å²) in [6, 6.07) is 9.09. The summed E-state index contributed by atoms with van der Waals surface area (Å²) in [6.45, 7) is 8.88. The zero-order valence-electron chi connectivity index (χ0n) is 21.4. The van der Waals surface area contributed by atoms with Gasteiger partial charge in [-0.25, -0.2) is 0 Å². The monoisotopic (exact) mass is 526 g/mol. The van der Waals surface area contributed by atoms with Crippen molar-refractivity contribution in [2.75, 3.05) is 26.3 Å². The van der Waals surface area contributed by atoms with Gasteiger partial charge in [0.05, 0.1) is 23.2 Å². The Morgan fingerprint density at radius 1 is 1.19 bits per heavy atom. The fraction of sp³-hybridized carbons (Fsp3) is 0.552. The molecule has 1 aromatic rings. The second-order valence-electron chi connectivity index (χ2n) is 10.1. The minimum Gasteiger partial charge on any atom is -0.465 e. The summed E-state index contributed by atoms with van der Waals surface area (Å²) in [5, 5.41) is 9.50. The van der Waals surface area contributed by atoms with Gasteiger partial charge in [0.2, 0.25) is 11.8 Å². The van der Waals surface area contributed by atoms with Crippen molar-refractivity contribution < 1.29 is 24.2 Å². The molecule has 3 aliphatic heterocycles. The lowest BCUT2D eigenvalue weighted by Gasteiger charge is -2.37. The largest absolute Gasteiger partial charge is 0.465 e. The number of amides is 2. The third-order valence-corrected chi connectivity index (χ3v) is 9.74. The molecule has 4 rings (SSSR count). The van der Waals surface area contributed by atoms with Gasteiger partial charge >= 0.3 is 5.97 Å². The van der Waals surface area contributed by atoms with E-state index < -0.39 is 22.6 Å². The van der Waals surface area contributed by atoms with Crippen molar-refractivity contribution in [2.24, 2.45) is 11.8 Å². The van der Waals surface area contributed by atoms with Crippen LogP contribution in [0.25, 0.3) is 0 Å². The second-order valence-corrected chi connectivity index (χ2v) is 11.7. The number of benzene rings is 1. The number of nitrogens with zero attached hydrogens (tertiary/aromatic N) is 2. The summed E-state index contributed by atoms with van der Waals surface area (Å²) in [5.74, 6) is -1.72. The third-order valence-electron chi connectivity index (χ3n) is 7.79. The van der Waals surface area contributed by atoms with Gasteiger partial charge in [-0.15, -0.1) is 24.9 Å². The van der Waals surface area contributed by atoms with Gasteiger partial charge in [-0.05, 0) is 44.1 Å². The highest BCUT2D eigenvalue weighted by Crippen LogP contribution is 2.66. The molecule has 5 atom stereocenters. The highest BCUT2D eigenvalue weighted by atomic mass is 32.2. The molecule has 7 nitrogen and oxygen atoms in total. The minimum atomic E-state index is -0.680. The lowest BCUT2D eigenvalue weighted by atomic mass is 9.71. The second kappa shape index (κ2) is 12.3. The number of thioether (sulfide) groups is 1. The normalized spacial score (nSPS) is 27.7. The van der Waals surface area contributed by atoms with Gasteiger partial charge < -0.3 is 19.6 Å². The van der Waals surface area contributed by atoms with Gasteiger partial charge in [0.1, 0.15) is 6.04 Å². The Bertz CT molecular complexity index is 1000. The Kier molecular flexibility index (Phi) is 9.13. The number of aliphatic hydroxyl groups is 1. The molecule has 0 radical (unpaired) electrons. The van der Waals surface area contributed by atoms with Crippen molar-refractivity contribution in [1.82, 2.24) is 9.80 Å². The van der Waals surface area contributed by atoms with Crippen LogP contribution >= 0.6 is 11.8 Å². The molecule has 2 bridgehead atoms. The van der Waals surface area contributed by atoms with Crippen LogP contribution in [0.1, 0.15) is 44.1 Å². The molecule has 3 aliphatic rings. The van der Waals surface area contributed by atoms with Crippen molar-refractivity contribution in [3.05, 3.63) is 61.2 Å². The Labute approximate surface area is 223 Å². The van der Waals surface area contributed by atoms with Crippen LogP contribution in [-0.2, 0) is 25.7 Å². The molecule has 8 heteroatoms. The Hall–Kier alpha value is -2.58. The number of fused-ring (bicyclic) bond motifs is 1. The maximum Gasteiger partial charge on any atom is 0.310 e. The first kappa shape index (κ1) is 27.5. The van der Waals surface area contributed by atoms with E-state index in [1.165, 1.54) is 0 Å². The van der Waals surface area contributed by atoms with Crippen LogP contribution in [-0.4, -0.2) is 75.0 Å². The molecular weight excluding hydrogens is 488 g/mol. The van der Waals surface area contributed by atoms with E-state index in [1.807, 2.05) is 36.4 Å². The lowest BCUT2D eigenvalue weighted by molar-refractivity contribution is -0.154. The first-order valence-corrected chi connectivity index (χ1v) is 14.2. The van der Waals surface area contributed by atoms with Crippen molar-refractivity contribution in [1.29, 1.82) is 0 Å². The number of hydrogen-bond acceptors (Lipinski definition) is 6. The zero-order valence-corrected chi connectivity index (χ0v) is 22.2. The zero-order chi connectivity index (χ0) is 26.4. The SMILES string of the molecule is C=CCCCCOC(=O)[C@@H]1[C@H]2C(=O)N(CCCO)C(C(=O)N(CC=C)Cc3ccccc3)C23CC[C@H]1S3. The maximum atomic E-state index is 14.2. The van der Waals surface area contributed by atoms with Crippen LogP contribution in [0.4, 0.5) is 0 Å². The minimum absolute atomic E-state index is 0.0214. The predicted octanol–water partition coefficient (Wildman–Crippen LogP) is 3.57.